The van der Waals surface area contributed by atoms with Gasteiger partial charge in [0.2, 0.25) is 0 Å². The van der Waals surface area contributed by atoms with E-state index >= 15 is 0 Å². The molecule has 0 radical (unpaired) electrons. The number of aromatic nitrogens is 3. The molecule has 0 amide bonds. The molecule has 0 saturated carbocycles. The molecule has 1 aliphatic heterocycles. The minimum atomic E-state index is -4.40. The van der Waals surface area contributed by atoms with Gasteiger partial charge in [-0.3, -0.25) is 4.98 Å². The summed E-state index contributed by atoms with van der Waals surface area (Å²) in [6, 6.07) is 6.15. The van der Waals surface area contributed by atoms with Crippen LogP contribution in [0.1, 0.15) is 48.2 Å². The van der Waals surface area contributed by atoms with E-state index in [0.29, 0.717) is 29.2 Å². The van der Waals surface area contributed by atoms with E-state index in [9.17, 15) is 13.2 Å². The molecule has 9 heteroatoms. The Hall–Kier alpha value is -2.94. The van der Waals surface area contributed by atoms with E-state index < -0.39 is 17.8 Å². The van der Waals surface area contributed by atoms with Gasteiger partial charge in [0.05, 0.1) is 47.3 Å². The predicted octanol–water partition coefficient (Wildman–Crippen LogP) is 5.45. The number of ether oxygens (including phenoxy) is 1. The lowest BCUT2D eigenvalue weighted by atomic mass is 9.97. The van der Waals surface area contributed by atoms with E-state index in [4.69, 9.17) is 4.74 Å². The fourth-order valence-electron chi connectivity index (χ4n) is 4.67. The van der Waals surface area contributed by atoms with Gasteiger partial charge in [0.15, 0.2) is 5.82 Å². The first-order chi connectivity index (χ1) is 15.7. The largest absolute Gasteiger partial charge is 0.416 e. The van der Waals surface area contributed by atoms with Gasteiger partial charge in [0.1, 0.15) is 0 Å². The van der Waals surface area contributed by atoms with Crippen LogP contribution >= 0.6 is 0 Å². The van der Waals surface area contributed by atoms with Gasteiger partial charge in [-0.05, 0) is 56.9 Å². The summed E-state index contributed by atoms with van der Waals surface area (Å²) in [5.74, 6) is 0.497. The van der Waals surface area contributed by atoms with Crippen LogP contribution in [-0.2, 0) is 10.9 Å². The standard InChI is InChI=1S/C24H28F3N5O/c1-14-19(8-5-9-21(14)24(25,26)27)15(2)29-23-20-11-18(12-28-22(20)16(3)30-31-23)32-10-6-7-17(32)13-33-4/h5,8-9,11-12,15,17H,6-7,10,13H2,1-4H3,(H,29,31)/t15-,17-/m1/s1. The Labute approximate surface area is 191 Å². The summed E-state index contributed by atoms with van der Waals surface area (Å²) >= 11 is 0. The maximum atomic E-state index is 13.4. The molecular formula is C24H28F3N5O. The number of halogens is 3. The van der Waals surface area contributed by atoms with E-state index in [1.807, 2.05) is 26.1 Å². The molecule has 1 fully saturated rings. The fraction of sp³-hybridized carbons (Fsp3) is 0.458. The van der Waals surface area contributed by atoms with E-state index in [-0.39, 0.29) is 11.6 Å². The van der Waals surface area contributed by atoms with Crippen molar-refractivity contribution in [1.82, 2.24) is 15.2 Å². The van der Waals surface area contributed by atoms with Crippen molar-refractivity contribution < 1.29 is 17.9 Å². The molecule has 0 unspecified atom stereocenters. The molecule has 0 bridgehead atoms. The number of hydrogen-bond acceptors (Lipinski definition) is 6. The number of anilines is 2. The third-order valence-electron chi connectivity index (χ3n) is 6.34. The number of alkyl halides is 3. The van der Waals surface area contributed by atoms with E-state index in [1.54, 1.807) is 13.2 Å². The zero-order chi connectivity index (χ0) is 23.8. The van der Waals surface area contributed by atoms with Gasteiger partial charge in [-0.25, -0.2) is 0 Å². The second kappa shape index (κ2) is 9.13. The van der Waals surface area contributed by atoms with E-state index in [1.165, 1.54) is 13.0 Å². The normalized spacial score (nSPS) is 17.5. The number of methoxy groups -OCH3 is 1. The number of pyridine rings is 1. The number of nitrogens with zero attached hydrogens (tertiary/aromatic N) is 4. The van der Waals surface area contributed by atoms with Crippen LogP contribution in [0.2, 0.25) is 0 Å². The van der Waals surface area contributed by atoms with Crippen molar-refractivity contribution in [3.05, 3.63) is 52.8 Å². The SMILES string of the molecule is COC[C@H]1CCCN1c1cnc2c(C)nnc(N[C@H](C)c3cccc(C(F)(F)F)c3C)c2c1. The Morgan fingerprint density at radius 3 is 2.76 bits per heavy atom. The first-order valence-corrected chi connectivity index (χ1v) is 11.0. The maximum absolute atomic E-state index is 13.4. The topological polar surface area (TPSA) is 63.2 Å². The average Bonchev–Trinajstić information content (AvgIpc) is 3.23. The smallest absolute Gasteiger partial charge is 0.383 e. The highest BCUT2D eigenvalue weighted by molar-refractivity contribution is 5.92. The van der Waals surface area contributed by atoms with Crippen LogP contribution in [0.15, 0.2) is 30.5 Å². The highest BCUT2D eigenvalue weighted by Gasteiger charge is 2.33. The Kier molecular flexibility index (Phi) is 6.43. The Morgan fingerprint density at radius 1 is 1.24 bits per heavy atom. The molecule has 2 aromatic heterocycles. The van der Waals surface area contributed by atoms with Crippen LogP contribution in [0.4, 0.5) is 24.7 Å². The molecule has 33 heavy (non-hydrogen) atoms. The summed E-state index contributed by atoms with van der Waals surface area (Å²) in [6.07, 6.45) is -0.425. The minimum absolute atomic E-state index is 0.202. The Morgan fingerprint density at radius 2 is 2.03 bits per heavy atom. The molecule has 0 aliphatic carbocycles. The summed E-state index contributed by atoms with van der Waals surface area (Å²) in [5.41, 5.74) is 2.51. The average molecular weight is 460 g/mol. The lowest BCUT2D eigenvalue weighted by molar-refractivity contribution is -0.138. The monoisotopic (exact) mass is 459 g/mol. The predicted molar refractivity (Wildman–Crippen MR) is 123 cm³/mol. The third kappa shape index (κ3) is 4.59. The molecule has 0 spiro atoms. The second-order valence-corrected chi connectivity index (χ2v) is 8.55. The van der Waals surface area contributed by atoms with Crippen molar-refractivity contribution in [2.75, 3.05) is 30.5 Å². The third-order valence-corrected chi connectivity index (χ3v) is 6.34. The van der Waals surface area contributed by atoms with Crippen LogP contribution in [0.25, 0.3) is 10.9 Å². The van der Waals surface area contributed by atoms with Crippen molar-refractivity contribution in [2.45, 2.75) is 51.9 Å². The van der Waals surface area contributed by atoms with Gasteiger partial charge in [0, 0.05) is 19.0 Å². The molecule has 1 aliphatic rings. The number of benzene rings is 1. The van der Waals surface area contributed by atoms with Crippen molar-refractivity contribution in [3.8, 4) is 0 Å². The number of fused-ring (bicyclic) bond motifs is 1. The Balaban J connectivity index is 1.70. The zero-order valence-electron chi connectivity index (χ0n) is 19.2. The first-order valence-electron chi connectivity index (χ1n) is 11.0. The highest BCUT2D eigenvalue weighted by atomic mass is 19.4. The van der Waals surface area contributed by atoms with Gasteiger partial charge in [-0.2, -0.15) is 18.3 Å². The summed E-state index contributed by atoms with van der Waals surface area (Å²) in [6.45, 7) is 6.72. The van der Waals surface area contributed by atoms with Crippen molar-refractivity contribution in [3.63, 3.8) is 0 Å². The maximum Gasteiger partial charge on any atom is 0.416 e. The highest BCUT2D eigenvalue weighted by Crippen LogP contribution is 2.36. The molecule has 4 rings (SSSR count). The molecule has 176 valence electrons. The van der Waals surface area contributed by atoms with Crippen LogP contribution < -0.4 is 10.2 Å². The summed E-state index contributed by atoms with van der Waals surface area (Å²) in [7, 11) is 1.70. The van der Waals surface area contributed by atoms with Gasteiger partial charge in [0.25, 0.3) is 0 Å². The molecular weight excluding hydrogens is 431 g/mol. The first kappa shape index (κ1) is 23.2. The van der Waals surface area contributed by atoms with E-state index in [2.05, 4.69) is 25.4 Å². The molecule has 3 heterocycles. The number of rotatable bonds is 6. The molecule has 1 aromatic carbocycles. The zero-order valence-corrected chi connectivity index (χ0v) is 19.2. The van der Waals surface area contributed by atoms with Crippen molar-refractivity contribution in [1.29, 1.82) is 0 Å². The van der Waals surface area contributed by atoms with Crippen LogP contribution in [0.3, 0.4) is 0 Å². The van der Waals surface area contributed by atoms with Crippen LogP contribution in [0.5, 0.6) is 0 Å². The quantitative estimate of drug-likeness (QED) is 0.529. The van der Waals surface area contributed by atoms with Crippen LogP contribution in [0, 0.1) is 13.8 Å². The van der Waals surface area contributed by atoms with Gasteiger partial charge in [-0.1, -0.05) is 12.1 Å². The second-order valence-electron chi connectivity index (χ2n) is 8.55. The number of nitrogens with one attached hydrogen (secondary N) is 1. The molecule has 3 aromatic rings. The molecule has 2 atom stereocenters. The Bertz CT molecular complexity index is 1150. The number of aryl methyl sites for hydroxylation is 1. The minimum Gasteiger partial charge on any atom is -0.383 e. The van der Waals surface area contributed by atoms with E-state index in [0.717, 1.165) is 36.5 Å². The van der Waals surface area contributed by atoms with Crippen LogP contribution in [-0.4, -0.2) is 41.5 Å². The van der Waals surface area contributed by atoms with Gasteiger partial charge >= 0.3 is 6.18 Å². The fourth-order valence-corrected chi connectivity index (χ4v) is 4.67. The lowest BCUT2D eigenvalue weighted by Crippen LogP contribution is -2.32. The summed E-state index contributed by atoms with van der Waals surface area (Å²) in [4.78, 5) is 6.94. The molecule has 6 nitrogen and oxygen atoms in total. The van der Waals surface area contributed by atoms with Crippen molar-refractivity contribution in [2.24, 2.45) is 0 Å². The molecule has 1 N–H and O–H groups in total. The van der Waals surface area contributed by atoms with Crippen molar-refractivity contribution >= 4 is 22.4 Å². The summed E-state index contributed by atoms with van der Waals surface area (Å²) in [5, 5.41) is 12.6. The number of hydrogen-bond donors (Lipinski definition) is 1. The molecule has 1 saturated heterocycles. The van der Waals surface area contributed by atoms with Gasteiger partial charge < -0.3 is 15.0 Å². The summed E-state index contributed by atoms with van der Waals surface area (Å²) < 4.78 is 45.5. The lowest BCUT2D eigenvalue weighted by Gasteiger charge is -2.26. The van der Waals surface area contributed by atoms with Gasteiger partial charge in [-0.15, -0.1) is 5.10 Å².